The van der Waals surface area contributed by atoms with Crippen molar-refractivity contribution in [2.75, 3.05) is 19.6 Å². The molecule has 2 fully saturated rings. The van der Waals surface area contributed by atoms with Crippen LogP contribution in [0.4, 0.5) is 0 Å². The van der Waals surface area contributed by atoms with Gasteiger partial charge in [0.15, 0.2) is 0 Å². The second-order valence-corrected chi connectivity index (χ2v) is 9.72. The standard InChI is InChI=1S/C28H31N3O4/c1-19-24(20(2)35-30-19)18-34-23-10-6-9-22(15-23)27(33)31-13-11-28(12-14-31)16-26(32)29-17-25(28)21-7-4-3-5-8-21/h3-10,15,25H,11-14,16-18H2,1-2H3,(H,29,32)/t25-/m1/s1. The zero-order chi connectivity index (χ0) is 24.4. The zero-order valence-electron chi connectivity index (χ0n) is 20.3. The molecule has 1 N–H and O–H groups in total. The van der Waals surface area contributed by atoms with E-state index in [2.05, 4.69) is 34.7 Å². The van der Waals surface area contributed by atoms with E-state index in [0.29, 0.717) is 44.0 Å². The predicted molar refractivity (Wildman–Crippen MR) is 131 cm³/mol. The fourth-order valence-corrected chi connectivity index (χ4v) is 5.54. The summed E-state index contributed by atoms with van der Waals surface area (Å²) in [5.41, 5.74) is 3.49. The number of benzene rings is 2. The molecule has 2 aliphatic rings. The topological polar surface area (TPSA) is 84.7 Å². The van der Waals surface area contributed by atoms with Crippen molar-refractivity contribution in [3.05, 3.63) is 82.7 Å². The van der Waals surface area contributed by atoms with E-state index in [1.54, 1.807) is 6.07 Å². The van der Waals surface area contributed by atoms with E-state index in [1.165, 1.54) is 5.56 Å². The average molecular weight is 474 g/mol. The third kappa shape index (κ3) is 4.67. The van der Waals surface area contributed by atoms with Gasteiger partial charge in [-0.3, -0.25) is 9.59 Å². The number of aryl methyl sites for hydroxylation is 2. The van der Waals surface area contributed by atoms with E-state index >= 15 is 0 Å². The summed E-state index contributed by atoms with van der Waals surface area (Å²) in [6, 6.07) is 17.7. The van der Waals surface area contributed by atoms with Crippen LogP contribution in [0.5, 0.6) is 5.75 Å². The Balaban J connectivity index is 1.26. The van der Waals surface area contributed by atoms with Gasteiger partial charge in [0.1, 0.15) is 18.1 Å². The Morgan fingerprint density at radius 2 is 1.91 bits per heavy atom. The van der Waals surface area contributed by atoms with Crippen molar-refractivity contribution in [2.45, 2.75) is 45.6 Å². The number of carbonyl (C=O) groups excluding carboxylic acids is 2. The van der Waals surface area contributed by atoms with Crippen molar-refractivity contribution in [3.63, 3.8) is 0 Å². The number of carbonyl (C=O) groups is 2. The largest absolute Gasteiger partial charge is 0.489 e. The summed E-state index contributed by atoms with van der Waals surface area (Å²) in [4.78, 5) is 27.6. The molecule has 0 unspecified atom stereocenters. The number of amides is 2. The number of ether oxygens (including phenoxy) is 1. The summed E-state index contributed by atoms with van der Waals surface area (Å²) in [5, 5.41) is 7.01. The molecule has 1 atom stereocenters. The highest BCUT2D eigenvalue weighted by Crippen LogP contribution is 2.48. The van der Waals surface area contributed by atoms with Gasteiger partial charge in [-0.25, -0.2) is 0 Å². The van der Waals surface area contributed by atoms with Gasteiger partial charge in [0.25, 0.3) is 5.91 Å². The van der Waals surface area contributed by atoms with Crippen LogP contribution < -0.4 is 10.1 Å². The maximum Gasteiger partial charge on any atom is 0.253 e. The lowest BCUT2D eigenvalue weighted by atomic mass is 9.62. The molecule has 182 valence electrons. The first-order valence-corrected chi connectivity index (χ1v) is 12.2. The first kappa shape index (κ1) is 23.1. The lowest BCUT2D eigenvalue weighted by Gasteiger charge is -2.49. The Kier molecular flexibility index (Phi) is 6.32. The molecule has 35 heavy (non-hydrogen) atoms. The van der Waals surface area contributed by atoms with Crippen LogP contribution in [0, 0.1) is 19.3 Å². The van der Waals surface area contributed by atoms with Gasteiger partial charge in [-0.2, -0.15) is 0 Å². The van der Waals surface area contributed by atoms with Crippen molar-refractivity contribution in [3.8, 4) is 5.75 Å². The maximum absolute atomic E-state index is 13.3. The van der Waals surface area contributed by atoms with E-state index in [1.807, 2.05) is 43.0 Å². The lowest BCUT2D eigenvalue weighted by Crippen LogP contribution is -2.52. The third-order valence-electron chi connectivity index (χ3n) is 7.65. The highest BCUT2D eigenvalue weighted by molar-refractivity contribution is 5.94. The molecule has 7 nitrogen and oxygen atoms in total. The van der Waals surface area contributed by atoms with Gasteiger partial charge >= 0.3 is 0 Å². The van der Waals surface area contributed by atoms with E-state index in [0.717, 1.165) is 29.9 Å². The minimum absolute atomic E-state index is 0.000777. The van der Waals surface area contributed by atoms with Crippen LogP contribution in [-0.2, 0) is 11.4 Å². The van der Waals surface area contributed by atoms with Crippen molar-refractivity contribution < 1.29 is 18.8 Å². The summed E-state index contributed by atoms with van der Waals surface area (Å²) in [6.45, 7) is 6.02. The predicted octanol–water partition coefficient (Wildman–Crippen LogP) is 4.40. The number of hydrogen-bond donors (Lipinski definition) is 1. The summed E-state index contributed by atoms with van der Waals surface area (Å²) < 4.78 is 11.1. The van der Waals surface area contributed by atoms with Crippen LogP contribution >= 0.6 is 0 Å². The third-order valence-corrected chi connectivity index (χ3v) is 7.65. The lowest BCUT2D eigenvalue weighted by molar-refractivity contribution is -0.127. The fraction of sp³-hybridized carbons (Fsp3) is 0.393. The number of aromatic nitrogens is 1. The summed E-state index contributed by atoms with van der Waals surface area (Å²) in [7, 11) is 0. The molecular weight excluding hydrogens is 442 g/mol. The molecule has 3 heterocycles. The van der Waals surface area contributed by atoms with Crippen molar-refractivity contribution in [2.24, 2.45) is 5.41 Å². The van der Waals surface area contributed by atoms with Gasteiger partial charge in [-0.15, -0.1) is 0 Å². The first-order chi connectivity index (χ1) is 16.9. The molecule has 2 aliphatic heterocycles. The van der Waals surface area contributed by atoms with E-state index in [9.17, 15) is 9.59 Å². The highest BCUT2D eigenvalue weighted by atomic mass is 16.5. The molecule has 2 saturated heterocycles. The molecule has 1 spiro atoms. The Labute approximate surface area is 205 Å². The van der Waals surface area contributed by atoms with Crippen LogP contribution in [0.3, 0.4) is 0 Å². The smallest absolute Gasteiger partial charge is 0.253 e. The normalized spacial score (nSPS) is 19.4. The Morgan fingerprint density at radius 3 is 2.63 bits per heavy atom. The van der Waals surface area contributed by atoms with E-state index in [-0.39, 0.29) is 23.1 Å². The molecule has 5 rings (SSSR count). The van der Waals surface area contributed by atoms with Gasteiger partial charge < -0.3 is 19.5 Å². The summed E-state index contributed by atoms with van der Waals surface area (Å²) >= 11 is 0. The minimum atomic E-state index is -0.111. The van der Waals surface area contributed by atoms with Crippen molar-refractivity contribution in [1.82, 2.24) is 15.4 Å². The molecule has 2 aromatic carbocycles. The zero-order valence-corrected chi connectivity index (χ0v) is 20.3. The number of hydrogen-bond acceptors (Lipinski definition) is 5. The molecule has 3 aromatic rings. The average Bonchev–Trinajstić information content (AvgIpc) is 3.20. The summed E-state index contributed by atoms with van der Waals surface area (Å²) in [5.74, 6) is 1.75. The maximum atomic E-state index is 13.3. The molecule has 0 saturated carbocycles. The van der Waals surface area contributed by atoms with Gasteiger partial charge in [-0.05, 0) is 55.9 Å². The SMILES string of the molecule is Cc1noc(C)c1COc1cccc(C(=O)N2CCC3(CC2)CC(=O)NC[C@@H]3c2ccccc2)c1. The van der Waals surface area contributed by atoms with Crippen LogP contribution in [0.25, 0.3) is 0 Å². The van der Waals surface area contributed by atoms with Gasteiger partial charge in [0.2, 0.25) is 5.91 Å². The number of nitrogens with zero attached hydrogens (tertiary/aromatic N) is 2. The minimum Gasteiger partial charge on any atom is -0.489 e. The Hall–Kier alpha value is -3.61. The van der Waals surface area contributed by atoms with Crippen LogP contribution in [0.1, 0.15) is 58.1 Å². The number of rotatable bonds is 5. The second kappa shape index (κ2) is 9.56. The second-order valence-electron chi connectivity index (χ2n) is 9.72. The van der Waals surface area contributed by atoms with Crippen LogP contribution in [-0.4, -0.2) is 41.5 Å². The molecule has 0 aliphatic carbocycles. The Morgan fingerprint density at radius 1 is 1.14 bits per heavy atom. The van der Waals surface area contributed by atoms with Gasteiger partial charge in [-0.1, -0.05) is 41.6 Å². The monoisotopic (exact) mass is 473 g/mol. The molecule has 7 heteroatoms. The molecule has 1 aromatic heterocycles. The molecule has 2 amide bonds. The first-order valence-electron chi connectivity index (χ1n) is 12.2. The number of likely N-dealkylation sites (tertiary alicyclic amines) is 1. The number of piperidine rings is 2. The summed E-state index contributed by atoms with van der Waals surface area (Å²) in [6.07, 6.45) is 2.14. The van der Waals surface area contributed by atoms with Crippen LogP contribution in [0.2, 0.25) is 0 Å². The van der Waals surface area contributed by atoms with E-state index in [4.69, 9.17) is 9.26 Å². The number of nitrogens with one attached hydrogen (secondary N) is 1. The highest BCUT2D eigenvalue weighted by Gasteiger charge is 2.46. The van der Waals surface area contributed by atoms with Gasteiger partial charge in [0.05, 0.1) is 11.3 Å². The van der Waals surface area contributed by atoms with Crippen molar-refractivity contribution in [1.29, 1.82) is 0 Å². The molecule has 0 radical (unpaired) electrons. The molecular formula is C28H31N3O4. The Bertz CT molecular complexity index is 1190. The molecule has 0 bridgehead atoms. The van der Waals surface area contributed by atoms with Gasteiger partial charge in [0, 0.05) is 37.5 Å². The fourth-order valence-electron chi connectivity index (χ4n) is 5.54. The van der Waals surface area contributed by atoms with Crippen LogP contribution in [0.15, 0.2) is 59.1 Å². The van der Waals surface area contributed by atoms with E-state index < -0.39 is 0 Å². The van der Waals surface area contributed by atoms with Crippen molar-refractivity contribution >= 4 is 11.8 Å². The quantitative estimate of drug-likeness (QED) is 0.594.